The van der Waals surface area contributed by atoms with Gasteiger partial charge in [-0.25, -0.2) is 0 Å². The van der Waals surface area contributed by atoms with Crippen LogP contribution in [0, 0.1) is 31.6 Å². The van der Waals surface area contributed by atoms with E-state index in [-0.39, 0.29) is 0 Å². The summed E-state index contributed by atoms with van der Waals surface area (Å²) < 4.78 is 0. The van der Waals surface area contributed by atoms with Gasteiger partial charge in [0.25, 0.3) is 0 Å². The molecule has 3 nitrogen and oxygen atoms in total. The van der Waals surface area contributed by atoms with Crippen molar-refractivity contribution in [2.24, 2.45) is 0 Å². The van der Waals surface area contributed by atoms with Crippen LogP contribution in [-0.2, 0) is 0 Å². The van der Waals surface area contributed by atoms with Gasteiger partial charge in [0.05, 0.1) is 0 Å². The maximum Gasteiger partial charge on any atom is 0.0353 e. The van der Waals surface area contributed by atoms with Crippen LogP contribution in [0.4, 0.5) is 5.69 Å². The van der Waals surface area contributed by atoms with E-state index in [1.54, 1.807) is 0 Å². The van der Waals surface area contributed by atoms with E-state index in [0.29, 0.717) is 0 Å². The number of nitrogen functional groups attached to an aromatic ring is 1. The Labute approximate surface area is 85.0 Å². The molecule has 1 rings (SSSR count). The molecule has 0 aromatic heterocycles. The highest BCUT2D eigenvalue weighted by atomic mass is 14.6. The Kier molecular flexibility index (Phi) is 5.22. The lowest BCUT2D eigenvalue weighted by atomic mass is 10.1. The highest BCUT2D eigenvalue weighted by molar-refractivity contribution is 6.12. The smallest absolute Gasteiger partial charge is 0.0353 e. The minimum absolute atomic E-state index is 0.892. The van der Waals surface area contributed by atoms with Crippen LogP contribution in [0.15, 0.2) is 12.1 Å². The molecule has 0 aliphatic rings. The summed E-state index contributed by atoms with van der Waals surface area (Å²) in [5.41, 5.74) is 10.3. The minimum atomic E-state index is 0.892. The molecule has 3 heteroatoms. The van der Waals surface area contributed by atoms with Gasteiger partial charge in [0, 0.05) is 18.1 Å². The summed E-state index contributed by atoms with van der Waals surface area (Å²) in [5, 5.41) is 12.2. The van der Waals surface area contributed by atoms with E-state index >= 15 is 0 Å². The van der Waals surface area contributed by atoms with Gasteiger partial charge >= 0.3 is 0 Å². The zero-order valence-corrected chi connectivity index (χ0v) is 8.89. The first kappa shape index (κ1) is 12.4. The zero-order chi connectivity index (χ0) is 11.1. The lowest BCUT2D eigenvalue weighted by molar-refractivity contribution is 1.30. The second-order valence-corrected chi connectivity index (χ2v) is 3.13. The lowest BCUT2D eigenvalue weighted by Crippen LogP contribution is -1.91. The third-order valence-corrected chi connectivity index (χ3v) is 1.97. The van der Waals surface area contributed by atoms with Gasteiger partial charge < -0.3 is 16.6 Å². The summed E-state index contributed by atoms with van der Waals surface area (Å²) in [6.07, 6.45) is 1.83. The molecule has 0 unspecified atom stereocenters. The number of aryl methyl sites for hydroxylation is 3. The van der Waals surface area contributed by atoms with Gasteiger partial charge in [-0.15, -0.1) is 0 Å². The summed E-state index contributed by atoms with van der Waals surface area (Å²) in [5.74, 6) is 0. The fourth-order valence-electron chi connectivity index (χ4n) is 0.983. The van der Waals surface area contributed by atoms with Gasteiger partial charge in [-0.3, -0.25) is 0 Å². The summed E-state index contributed by atoms with van der Waals surface area (Å²) in [4.78, 5) is 0. The topological polar surface area (TPSA) is 73.7 Å². The average Bonchev–Trinajstić information content (AvgIpc) is 2.15. The largest absolute Gasteiger partial charge is 0.399 e. The molecule has 0 fully saturated rings. The first-order chi connectivity index (χ1) is 6.52. The van der Waals surface area contributed by atoms with E-state index in [4.69, 9.17) is 16.6 Å². The first-order valence-electron chi connectivity index (χ1n) is 4.35. The Balaban J connectivity index is 0.000000364. The molecule has 0 radical (unpaired) electrons. The Bertz CT molecular complexity index is 273. The minimum Gasteiger partial charge on any atom is -0.399 e. The van der Waals surface area contributed by atoms with Gasteiger partial charge in [0.2, 0.25) is 0 Å². The number of nitrogens with two attached hydrogens (primary N) is 1. The number of nitrogens with one attached hydrogen (secondary N) is 2. The van der Waals surface area contributed by atoms with Crippen molar-refractivity contribution >= 4 is 18.1 Å². The number of hydrogen-bond donors (Lipinski definition) is 3. The van der Waals surface area contributed by atoms with Crippen LogP contribution in [0.1, 0.15) is 16.7 Å². The maximum absolute atomic E-state index is 6.08. The fraction of sp³-hybridized carbons (Fsp3) is 0.273. The van der Waals surface area contributed by atoms with E-state index < -0.39 is 0 Å². The third-order valence-electron chi connectivity index (χ3n) is 1.97. The van der Waals surface area contributed by atoms with Crippen molar-refractivity contribution in [2.45, 2.75) is 20.8 Å². The standard InChI is InChI=1S/C9H13N.C2H4N2/c1-6-4-8(3)9(10)5-7(6)2;3-1-2-4/h4-5H,10H2,1-3H3;1-4H. The van der Waals surface area contributed by atoms with Crippen molar-refractivity contribution in [3.05, 3.63) is 28.8 Å². The molecule has 0 aliphatic carbocycles. The predicted molar refractivity (Wildman–Crippen MR) is 62.6 cm³/mol. The Morgan fingerprint density at radius 2 is 1.36 bits per heavy atom. The molecule has 0 bridgehead atoms. The SMILES string of the molecule is Cc1cc(C)c(N)cc1C.N=CC=N. The van der Waals surface area contributed by atoms with Crippen molar-refractivity contribution in [3.8, 4) is 0 Å². The summed E-state index contributed by atoms with van der Waals surface area (Å²) >= 11 is 0. The van der Waals surface area contributed by atoms with Crippen LogP contribution in [-0.4, -0.2) is 12.4 Å². The van der Waals surface area contributed by atoms with Gasteiger partial charge in [0.15, 0.2) is 0 Å². The van der Waals surface area contributed by atoms with Crippen LogP contribution in [0.3, 0.4) is 0 Å². The lowest BCUT2D eigenvalue weighted by Gasteiger charge is -2.03. The molecule has 0 atom stereocenters. The number of anilines is 1. The second kappa shape index (κ2) is 5.91. The van der Waals surface area contributed by atoms with Crippen molar-refractivity contribution in [2.75, 3.05) is 5.73 Å². The van der Waals surface area contributed by atoms with Gasteiger partial charge in [0.1, 0.15) is 0 Å². The van der Waals surface area contributed by atoms with Gasteiger partial charge in [-0.2, -0.15) is 0 Å². The van der Waals surface area contributed by atoms with Crippen LogP contribution in [0.2, 0.25) is 0 Å². The third kappa shape index (κ3) is 3.85. The van der Waals surface area contributed by atoms with E-state index in [9.17, 15) is 0 Å². The Morgan fingerprint density at radius 1 is 0.929 bits per heavy atom. The molecule has 0 spiro atoms. The van der Waals surface area contributed by atoms with Gasteiger partial charge in [-0.1, -0.05) is 6.07 Å². The number of hydrogen-bond acceptors (Lipinski definition) is 3. The molecular weight excluding hydrogens is 174 g/mol. The average molecular weight is 191 g/mol. The zero-order valence-electron chi connectivity index (χ0n) is 8.89. The molecule has 0 amide bonds. The van der Waals surface area contributed by atoms with Crippen molar-refractivity contribution in [1.29, 1.82) is 10.8 Å². The van der Waals surface area contributed by atoms with Crippen molar-refractivity contribution in [3.63, 3.8) is 0 Å². The molecule has 76 valence electrons. The van der Waals surface area contributed by atoms with Gasteiger partial charge in [-0.05, 0) is 43.5 Å². The number of benzene rings is 1. The summed E-state index contributed by atoms with van der Waals surface area (Å²) in [6, 6.07) is 4.13. The van der Waals surface area contributed by atoms with Crippen LogP contribution >= 0.6 is 0 Å². The van der Waals surface area contributed by atoms with Crippen LogP contribution in [0.25, 0.3) is 0 Å². The van der Waals surface area contributed by atoms with E-state index in [2.05, 4.69) is 19.9 Å². The number of rotatable bonds is 1. The summed E-state index contributed by atoms with van der Waals surface area (Å²) in [6.45, 7) is 6.20. The molecule has 1 aromatic rings. The van der Waals surface area contributed by atoms with E-state index in [1.165, 1.54) is 16.7 Å². The molecule has 14 heavy (non-hydrogen) atoms. The Hall–Kier alpha value is -1.64. The fourth-order valence-corrected chi connectivity index (χ4v) is 0.983. The van der Waals surface area contributed by atoms with Crippen molar-refractivity contribution < 1.29 is 0 Å². The van der Waals surface area contributed by atoms with Crippen LogP contribution in [0.5, 0.6) is 0 Å². The summed E-state index contributed by atoms with van der Waals surface area (Å²) in [7, 11) is 0. The quantitative estimate of drug-likeness (QED) is 0.463. The van der Waals surface area contributed by atoms with E-state index in [1.807, 2.05) is 13.0 Å². The van der Waals surface area contributed by atoms with Crippen molar-refractivity contribution in [1.82, 2.24) is 0 Å². The first-order valence-corrected chi connectivity index (χ1v) is 4.35. The van der Waals surface area contributed by atoms with Crippen LogP contribution < -0.4 is 5.73 Å². The molecule has 0 aliphatic heterocycles. The molecule has 1 aromatic carbocycles. The molecule has 0 saturated heterocycles. The molecular formula is C11H17N3. The van der Waals surface area contributed by atoms with E-state index in [0.717, 1.165) is 18.1 Å². The highest BCUT2D eigenvalue weighted by Gasteiger charge is 1.95. The molecule has 4 N–H and O–H groups in total. The normalized spacial score (nSPS) is 8.50. The molecule has 0 saturated carbocycles. The highest BCUT2D eigenvalue weighted by Crippen LogP contribution is 2.16. The monoisotopic (exact) mass is 191 g/mol. The second-order valence-electron chi connectivity index (χ2n) is 3.13. The molecule has 0 heterocycles. The maximum atomic E-state index is 6.08. The Morgan fingerprint density at radius 3 is 1.71 bits per heavy atom. The predicted octanol–water partition coefficient (Wildman–Crippen LogP) is 2.48.